The molecule has 20 heavy (non-hydrogen) atoms. The summed E-state index contributed by atoms with van der Waals surface area (Å²) < 4.78 is 16.3. The quantitative estimate of drug-likeness (QED) is 0.765. The molecular weight excluding hydrogens is 336 g/mol. The fourth-order valence-corrected chi connectivity index (χ4v) is 3.30. The van der Waals surface area contributed by atoms with E-state index in [0.29, 0.717) is 5.92 Å². The summed E-state index contributed by atoms with van der Waals surface area (Å²) in [4.78, 5) is 4.55. The monoisotopic (exact) mass is 360 g/mol. The normalized spacial score (nSPS) is 15.3. The molecular formula is C15H25BrN2OS. The Morgan fingerprint density at radius 3 is 2.35 bits per heavy atom. The van der Waals surface area contributed by atoms with Gasteiger partial charge in [-0.15, -0.1) is 0 Å². The third-order valence-corrected chi connectivity index (χ3v) is 5.39. The van der Waals surface area contributed by atoms with Crippen LogP contribution in [0.1, 0.15) is 59.2 Å². The van der Waals surface area contributed by atoms with Crippen LogP contribution in [0.3, 0.4) is 0 Å². The largest absolute Gasteiger partial charge is 0.244 e. The second-order valence-electron chi connectivity index (χ2n) is 5.94. The van der Waals surface area contributed by atoms with E-state index in [2.05, 4.69) is 39.5 Å². The zero-order chi connectivity index (χ0) is 15.3. The van der Waals surface area contributed by atoms with Gasteiger partial charge < -0.3 is 0 Å². The van der Waals surface area contributed by atoms with Crippen molar-refractivity contribution in [3.63, 3.8) is 0 Å². The molecule has 0 radical (unpaired) electrons. The van der Waals surface area contributed by atoms with Gasteiger partial charge in [0.2, 0.25) is 0 Å². The highest BCUT2D eigenvalue weighted by atomic mass is 79.9. The molecule has 0 fully saturated rings. The molecule has 0 aliphatic rings. The van der Waals surface area contributed by atoms with Gasteiger partial charge in [0.25, 0.3) is 0 Å². The van der Waals surface area contributed by atoms with Crippen LogP contribution in [-0.4, -0.2) is 13.9 Å². The Morgan fingerprint density at radius 1 is 1.30 bits per heavy atom. The first-order chi connectivity index (χ1) is 9.29. The molecule has 0 aliphatic heterocycles. The Balaban J connectivity index is 3.06. The number of rotatable bonds is 6. The van der Waals surface area contributed by atoms with E-state index in [1.165, 1.54) is 0 Å². The zero-order valence-corrected chi connectivity index (χ0v) is 15.3. The lowest BCUT2D eigenvalue weighted by Crippen LogP contribution is -2.38. The summed E-state index contributed by atoms with van der Waals surface area (Å²) >= 11 is 3.41. The van der Waals surface area contributed by atoms with Gasteiger partial charge in [-0.2, -0.15) is 0 Å². The number of aromatic nitrogens is 1. The van der Waals surface area contributed by atoms with E-state index in [1.807, 2.05) is 39.0 Å². The Bertz CT molecular complexity index is 455. The fourth-order valence-electron chi connectivity index (χ4n) is 2.05. The van der Waals surface area contributed by atoms with Crippen LogP contribution < -0.4 is 4.72 Å². The van der Waals surface area contributed by atoms with E-state index < -0.39 is 11.0 Å². The van der Waals surface area contributed by atoms with Crippen LogP contribution in [0.25, 0.3) is 0 Å². The van der Waals surface area contributed by atoms with Gasteiger partial charge >= 0.3 is 0 Å². The van der Waals surface area contributed by atoms with Gasteiger partial charge in [0, 0.05) is 0 Å². The molecule has 1 unspecified atom stereocenters. The number of halogens is 1. The fraction of sp³-hybridized carbons (Fsp3) is 0.667. The molecule has 1 aromatic rings. The van der Waals surface area contributed by atoms with E-state index in [1.54, 1.807) is 0 Å². The summed E-state index contributed by atoms with van der Waals surface area (Å²) in [5, 5.41) is 0. The average molecular weight is 361 g/mol. The van der Waals surface area contributed by atoms with Crippen LogP contribution >= 0.6 is 15.9 Å². The van der Waals surface area contributed by atoms with Crippen molar-refractivity contribution in [2.24, 2.45) is 5.92 Å². The van der Waals surface area contributed by atoms with Crippen molar-refractivity contribution in [1.82, 2.24) is 9.71 Å². The maximum Gasteiger partial charge on any atom is 0.106 e. The molecule has 0 bridgehead atoms. The Labute approximate surface area is 133 Å². The van der Waals surface area contributed by atoms with Gasteiger partial charge in [0.15, 0.2) is 0 Å². The molecule has 2 atom stereocenters. The van der Waals surface area contributed by atoms with Crippen molar-refractivity contribution in [3.8, 4) is 0 Å². The molecule has 1 N–H and O–H groups in total. The summed E-state index contributed by atoms with van der Waals surface area (Å²) in [5.74, 6) is 0.420. The summed E-state index contributed by atoms with van der Waals surface area (Å²) in [6, 6.07) is 5.90. The molecule has 0 saturated carbocycles. The Kier molecular flexibility index (Phi) is 6.82. The van der Waals surface area contributed by atoms with Crippen molar-refractivity contribution < 1.29 is 4.21 Å². The molecule has 0 saturated heterocycles. The van der Waals surface area contributed by atoms with Crippen molar-refractivity contribution in [2.45, 2.75) is 58.2 Å². The SMILES string of the molecule is CCC(CC)[C@H](NS(=O)C(C)(C)C)c1cccc(Br)n1. The lowest BCUT2D eigenvalue weighted by Gasteiger charge is -2.29. The Hall–Kier alpha value is -0.260. The van der Waals surface area contributed by atoms with Gasteiger partial charge in [-0.1, -0.05) is 32.8 Å². The van der Waals surface area contributed by atoms with Crippen molar-refractivity contribution >= 4 is 26.9 Å². The molecule has 5 heteroatoms. The van der Waals surface area contributed by atoms with E-state index in [9.17, 15) is 4.21 Å². The van der Waals surface area contributed by atoms with Crippen LogP contribution in [0, 0.1) is 5.92 Å². The summed E-state index contributed by atoms with van der Waals surface area (Å²) in [6.45, 7) is 10.3. The van der Waals surface area contributed by atoms with Gasteiger partial charge in [-0.25, -0.2) is 13.9 Å². The first-order valence-corrected chi connectivity index (χ1v) is 9.04. The highest BCUT2D eigenvalue weighted by Crippen LogP contribution is 2.28. The van der Waals surface area contributed by atoms with Gasteiger partial charge in [-0.05, 0) is 54.8 Å². The molecule has 1 rings (SSSR count). The van der Waals surface area contributed by atoms with Crippen LogP contribution in [0.2, 0.25) is 0 Å². The molecule has 1 aromatic heterocycles. The van der Waals surface area contributed by atoms with E-state index in [0.717, 1.165) is 23.1 Å². The van der Waals surface area contributed by atoms with Crippen LogP contribution in [0.15, 0.2) is 22.8 Å². The second-order valence-corrected chi connectivity index (χ2v) is 8.75. The smallest absolute Gasteiger partial charge is 0.106 e. The van der Waals surface area contributed by atoms with Gasteiger partial charge in [0.1, 0.15) is 4.60 Å². The number of nitrogens with zero attached hydrogens (tertiary/aromatic N) is 1. The molecule has 0 aromatic carbocycles. The van der Waals surface area contributed by atoms with Gasteiger partial charge in [0.05, 0.1) is 27.5 Å². The molecule has 0 aliphatic carbocycles. The maximum absolute atomic E-state index is 12.4. The topological polar surface area (TPSA) is 42.0 Å². The number of hydrogen-bond acceptors (Lipinski definition) is 2. The van der Waals surface area contributed by atoms with Gasteiger partial charge in [-0.3, -0.25) is 0 Å². The predicted molar refractivity (Wildman–Crippen MR) is 89.8 cm³/mol. The first kappa shape index (κ1) is 17.8. The molecule has 1 heterocycles. The van der Waals surface area contributed by atoms with E-state index >= 15 is 0 Å². The minimum absolute atomic E-state index is 0.0163. The minimum Gasteiger partial charge on any atom is -0.244 e. The molecule has 3 nitrogen and oxygen atoms in total. The zero-order valence-electron chi connectivity index (χ0n) is 12.9. The lowest BCUT2D eigenvalue weighted by atomic mass is 9.92. The van der Waals surface area contributed by atoms with Crippen LogP contribution in [0.4, 0.5) is 0 Å². The molecule has 0 spiro atoms. The second kappa shape index (κ2) is 7.66. The number of hydrogen-bond donors (Lipinski definition) is 1. The summed E-state index contributed by atoms with van der Waals surface area (Å²) in [5.41, 5.74) is 0.950. The van der Waals surface area contributed by atoms with Crippen molar-refractivity contribution in [3.05, 3.63) is 28.5 Å². The van der Waals surface area contributed by atoms with Crippen LogP contribution in [-0.2, 0) is 11.0 Å². The maximum atomic E-state index is 12.4. The first-order valence-electron chi connectivity index (χ1n) is 7.10. The van der Waals surface area contributed by atoms with Crippen molar-refractivity contribution in [1.29, 1.82) is 0 Å². The molecule has 114 valence electrons. The highest BCUT2D eigenvalue weighted by Gasteiger charge is 2.28. The number of nitrogens with one attached hydrogen (secondary N) is 1. The lowest BCUT2D eigenvalue weighted by molar-refractivity contribution is 0.375. The van der Waals surface area contributed by atoms with E-state index in [4.69, 9.17) is 0 Å². The number of pyridine rings is 1. The summed E-state index contributed by atoms with van der Waals surface area (Å²) in [7, 11) is -1.10. The molecule has 0 amide bonds. The third-order valence-electron chi connectivity index (χ3n) is 3.37. The average Bonchev–Trinajstić information content (AvgIpc) is 2.37. The Morgan fingerprint density at radius 2 is 1.90 bits per heavy atom. The highest BCUT2D eigenvalue weighted by molar-refractivity contribution is 9.10. The predicted octanol–water partition coefficient (Wildman–Crippen LogP) is 4.37. The standard InChI is InChI=1S/C15H25BrN2OS/c1-6-11(7-2)14(18-20(19)15(3,4)5)12-9-8-10-13(16)17-12/h8-11,14,18H,6-7H2,1-5H3/t14-,20?/m0/s1. The third kappa shape index (κ3) is 4.93. The van der Waals surface area contributed by atoms with Crippen LogP contribution in [0.5, 0.6) is 0 Å². The van der Waals surface area contributed by atoms with Crippen molar-refractivity contribution in [2.75, 3.05) is 0 Å². The minimum atomic E-state index is -1.10. The van der Waals surface area contributed by atoms with E-state index in [-0.39, 0.29) is 10.8 Å². The summed E-state index contributed by atoms with van der Waals surface area (Å²) in [6.07, 6.45) is 2.06.